The molecule has 0 aliphatic carbocycles. The Morgan fingerprint density at radius 2 is 2.00 bits per heavy atom. The van der Waals surface area contributed by atoms with Crippen LogP contribution >= 0.6 is 11.8 Å². The van der Waals surface area contributed by atoms with Crippen molar-refractivity contribution in [2.24, 2.45) is 0 Å². The van der Waals surface area contributed by atoms with E-state index >= 15 is 0 Å². The molecular formula is C9H19NO2S. The molecule has 0 spiro atoms. The van der Waals surface area contributed by atoms with Crippen molar-refractivity contribution in [1.82, 2.24) is 4.90 Å². The molecule has 1 aliphatic rings. The van der Waals surface area contributed by atoms with Gasteiger partial charge in [-0.15, -0.1) is 0 Å². The van der Waals surface area contributed by atoms with Gasteiger partial charge in [0.15, 0.2) is 0 Å². The number of nitrogens with zero attached hydrogens (tertiary/aromatic N) is 1. The first kappa shape index (κ1) is 11.3. The van der Waals surface area contributed by atoms with E-state index in [1.54, 1.807) is 11.8 Å². The molecule has 1 fully saturated rings. The molecule has 1 unspecified atom stereocenters. The van der Waals surface area contributed by atoms with Crippen molar-refractivity contribution in [2.75, 3.05) is 37.7 Å². The second kappa shape index (κ2) is 6.65. The van der Waals surface area contributed by atoms with E-state index in [-0.39, 0.29) is 6.61 Å². The van der Waals surface area contributed by atoms with Crippen molar-refractivity contribution in [1.29, 1.82) is 0 Å². The van der Waals surface area contributed by atoms with Gasteiger partial charge in [-0.3, -0.25) is 0 Å². The van der Waals surface area contributed by atoms with E-state index in [4.69, 9.17) is 10.2 Å². The third-order valence-corrected chi connectivity index (χ3v) is 3.36. The summed E-state index contributed by atoms with van der Waals surface area (Å²) in [6.45, 7) is 3.49. The van der Waals surface area contributed by atoms with E-state index in [1.807, 2.05) is 0 Å². The van der Waals surface area contributed by atoms with Gasteiger partial charge in [-0.05, 0) is 25.9 Å². The van der Waals surface area contributed by atoms with Crippen LogP contribution in [-0.4, -0.2) is 59.0 Å². The first-order valence-corrected chi connectivity index (χ1v) is 6.07. The highest BCUT2D eigenvalue weighted by molar-refractivity contribution is 7.99. The second-order valence-electron chi connectivity index (χ2n) is 3.46. The standard InChI is InChI=1S/C9H19NO2S/c11-7-9(12)8-13-6-5-10-3-1-2-4-10/h9,11-12H,1-8H2. The zero-order valence-corrected chi connectivity index (χ0v) is 8.80. The summed E-state index contributed by atoms with van der Waals surface area (Å²) in [6.07, 6.45) is 2.14. The Morgan fingerprint density at radius 3 is 2.62 bits per heavy atom. The number of hydrogen-bond donors (Lipinski definition) is 2. The Bertz CT molecular complexity index is 129. The maximum Gasteiger partial charge on any atom is 0.0861 e. The molecule has 1 aliphatic heterocycles. The van der Waals surface area contributed by atoms with Crippen LogP contribution in [0.3, 0.4) is 0 Å². The van der Waals surface area contributed by atoms with Crippen molar-refractivity contribution >= 4 is 11.8 Å². The lowest BCUT2D eigenvalue weighted by molar-refractivity contribution is 0.113. The van der Waals surface area contributed by atoms with Crippen LogP contribution in [0.5, 0.6) is 0 Å². The van der Waals surface area contributed by atoms with Crippen molar-refractivity contribution in [3.8, 4) is 0 Å². The second-order valence-corrected chi connectivity index (χ2v) is 4.61. The third kappa shape index (κ3) is 4.86. The molecule has 13 heavy (non-hydrogen) atoms. The van der Waals surface area contributed by atoms with E-state index in [0.717, 1.165) is 12.3 Å². The Hall–Kier alpha value is 0.230. The van der Waals surface area contributed by atoms with Gasteiger partial charge in [0.2, 0.25) is 0 Å². The summed E-state index contributed by atoms with van der Waals surface area (Å²) in [5.41, 5.74) is 0. The molecule has 4 heteroatoms. The van der Waals surface area contributed by atoms with Gasteiger partial charge in [-0.25, -0.2) is 0 Å². The molecule has 0 aromatic rings. The van der Waals surface area contributed by atoms with Crippen LogP contribution in [0.4, 0.5) is 0 Å². The van der Waals surface area contributed by atoms with Gasteiger partial charge in [0.1, 0.15) is 0 Å². The predicted molar refractivity (Wildman–Crippen MR) is 56.1 cm³/mol. The molecule has 0 radical (unpaired) electrons. The van der Waals surface area contributed by atoms with E-state index in [0.29, 0.717) is 5.75 Å². The van der Waals surface area contributed by atoms with Crippen LogP contribution in [0.2, 0.25) is 0 Å². The number of hydrogen-bond acceptors (Lipinski definition) is 4. The minimum absolute atomic E-state index is 0.114. The molecule has 2 N–H and O–H groups in total. The van der Waals surface area contributed by atoms with Gasteiger partial charge in [0.05, 0.1) is 12.7 Å². The lowest BCUT2D eigenvalue weighted by Gasteiger charge is -2.14. The summed E-state index contributed by atoms with van der Waals surface area (Å²) in [6, 6.07) is 0. The fourth-order valence-electron chi connectivity index (χ4n) is 1.47. The summed E-state index contributed by atoms with van der Waals surface area (Å²) in [5, 5.41) is 17.6. The first-order valence-electron chi connectivity index (χ1n) is 4.92. The van der Waals surface area contributed by atoms with Crippen LogP contribution in [0.25, 0.3) is 0 Å². The highest BCUT2D eigenvalue weighted by Gasteiger charge is 2.10. The quantitative estimate of drug-likeness (QED) is 0.607. The van der Waals surface area contributed by atoms with Crippen LogP contribution in [0.1, 0.15) is 12.8 Å². The summed E-state index contributed by atoms with van der Waals surface area (Å²) < 4.78 is 0. The normalized spacial score (nSPS) is 20.8. The molecule has 0 saturated carbocycles. The van der Waals surface area contributed by atoms with Crippen molar-refractivity contribution in [3.63, 3.8) is 0 Å². The Balaban J connectivity index is 1.88. The average Bonchev–Trinajstić information content (AvgIpc) is 2.64. The average molecular weight is 205 g/mol. The minimum Gasteiger partial charge on any atom is -0.394 e. The highest BCUT2D eigenvalue weighted by atomic mass is 32.2. The van der Waals surface area contributed by atoms with Crippen molar-refractivity contribution in [3.05, 3.63) is 0 Å². The lowest BCUT2D eigenvalue weighted by atomic mass is 10.4. The van der Waals surface area contributed by atoms with Crippen LogP contribution in [-0.2, 0) is 0 Å². The number of aliphatic hydroxyl groups excluding tert-OH is 2. The molecule has 1 heterocycles. The molecule has 0 aromatic heterocycles. The maximum absolute atomic E-state index is 9.07. The number of aliphatic hydroxyl groups is 2. The molecule has 1 saturated heterocycles. The SMILES string of the molecule is OCC(O)CSCCN1CCCC1. The van der Waals surface area contributed by atoms with Gasteiger partial charge in [0, 0.05) is 18.1 Å². The topological polar surface area (TPSA) is 43.7 Å². The molecule has 0 amide bonds. The van der Waals surface area contributed by atoms with Crippen LogP contribution in [0, 0.1) is 0 Å². The fraction of sp³-hybridized carbons (Fsp3) is 1.00. The van der Waals surface area contributed by atoms with E-state index in [1.165, 1.54) is 25.9 Å². The zero-order chi connectivity index (χ0) is 9.52. The number of likely N-dealkylation sites (tertiary alicyclic amines) is 1. The van der Waals surface area contributed by atoms with E-state index in [9.17, 15) is 0 Å². The van der Waals surface area contributed by atoms with Gasteiger partial charge in [-0.2, -0.15) is 11.8 Å². The van der Waals surface area contributed by atoms with E-state index in [2.05, 4.69) is 4.90 Å². The Morgan fingerprint density at radius 1 is 1.31 bits per heavy atom. The predicted octanol–water partition coefficient (Wildman–Crippen LogP) is 0.169. The summed E-state index contributed by atoms with van der Waals surface area (Å²) >= 11 is 1.72. The molecule has 0 aromatic carbocycles. The van der Waals surface area contributed by atoms with Crippen LogP contribution < -0.4 is 0 Å². The maximum atomic E-state index is 9.07. The zero-order valence-electron chi connectivity index (χ0n) is 7.98. The monoisotopic (exact) mass is 205 g/mol. The number of rotatable bonds is 6. The molecule has 1 rings (SSSR count). The summed E-state index contributed by atoms with van der Waals surface area (Å²) in [7, 11) is 0. The summed E-state index contributed by atoms with van der Waals surface area (Å²) in [4.78, 5) is 2.46. The van der Waals surface area contributed by atoms with Crippen LogP contribution in [0.15, 0.2) is 0 Å². The molecular weight excluding hydrogens is 186 g/mol. The Kier molecular flexibility index (Phi) is 5.78. The van der Waals surface area contributed by atoms with E-state index < -0.39 is 6.10 Å². The number of thioether (sulfide) groups is 1. The van der Waals surface area contributed by atoms with Crippen molar-refractivity contribution < 1.29 is 10.2 Å². The smallest absolute Gasteiger partial charge is 0.0861 e. The lowest BCUT2D eigenvalue weighted by Crippen LogP contribution is -2.23. The van der Waals surface area contributed by atoms with Gasteiger partial charge < -0.3 is 15.1 Å². The third-order valence-electron chi connectivity index (χ3n) is 2.27. The molecule has 0 bridgehead atoms. The molecule has 78 valence electrons. The molecule has 1 atom stereocenters. The summed E-state index contributed by atoms with van der Waals surface area (Å²) in [5.74, 6) is 1.72. The fourth-order valence-corrected chi connectivity index (χ4v) is 2.40. The molecule has 3 nitrogen and oxygen atoms in total. The first-order chi connectivity index (χ1) is 6.33. The highest BCUT2D eigenvalue weighted by Crippen LogP contribution is 2.09. The largest absolute Gasteiger partial charge is 0.394 e. The van der Waals surface area contributed by atoms with Gasteiger partial charge >= 0.3 is 0 Å². The Labute approximate surface area is 84.1 Å². The van der Waals surface area contributed by atoms with Crippen molar-refractivity contribution in [2.45, 2.75) is 18.9 Å². The van der Waals surface area contributed by atoms with Gasteiger partial charge in [-0.1, -0.05) is 0 Å². The van der Waals surface area contributed by atoms with Gasteiger partial charge in [0.25, 0.3) is 0 Å². The minimum atomic E-state index is -0.538.